The maximum Gasteiger partial charge on any atom is 0.416 e. The van der Waals surface area contributed by atoms with Gasteiger partial charge in [-0.05, 0) is 36.4 Å². The van der Waals surface area contributed by atoms with Crippen LogP contribution in [-0.2, 0) is 12.7 Å². The fraction of sp³-hybridized carbons (Fsp3) is 0.250. The molecule has 0 spiro atoms. The highest BCUT2D eigenvalue weighted by molar-refractivity contribution is 5.89. The molecule has 0 aliphatic rings. The van der Waals surface area contributed by atoms with Crippen molar-refractivity contribution in [3.8, 4) is 28.6 Å². The van der Waals surface area contributed by atoms with Gasteiger partial charge in [-0.15, -0.1) is 0 Å². The number of carbonyl (C=O) groups is 1. The summed E-state index contributed by atoms with van der Waals surface area (Å²) in [5.41, 5.74) is -0.0866. The van der Waals surface area contributed by atoms with Crippen molar-refractivity contribution < 1.29 is 36.7 Å². The number of urea groups is 1. The van der Waals surface area contributed by atoms with E-state index in [0.717, 1.165) is 24.3 Å². The largest absolute Gasteiger partial charge is 0.493 e. The summed E-state index contributed by atoms with van der Waals surface area (Å²) in [6, 6.07) is 6.67. The van der Waals surface area contributed by atoms with E-state index in [1.807, 2.05) is 0 Å². The summed E-state index contributed by atoms with van der Waals surface area (Å²) < 4.78 is 58.8. The third kappa shape index (κ3) is 5.20. The van der Waals surface area contributed by atoms with Crippen molar-refractivity contribution in [2.45, 2.75) is 12.7 Å². The first-order chi connectivity index (χ1) is 15.2. The summed E-state index contributed by atoms with van der Waals surface area (Å²) >= 11 is 0. The number of nitrogens with one attached hydrogen (secondary N) is 2. The number of alkyl halides is 3. The lowest BCUT2D eigenvalue weighted by Crippen LogP contribution is -2.28. The number of amides is 2. The average Bonchev–Trinajstić information content (AvgIpc) is 3.25. The zero-order chi connectivity index (χ0) is 23.3. The Hall–Kier alpha value is -3.96. The van der Waals surface area contributed by atoms with Crippen LogP contribution in [0, 0.1) is 0 Å². The van der Waals surface area contributed by atoms with Crippen LogP contribution in [0.15, 0.2) is 40.9 Å². The Balaban J connectivity index is 1.64. The van der Waals surface area contributed by atoms with Gasteiger partial charge in [-0.2, -0.15) is 18.2 Å². The summed E-state index contributed by atoms with van der Waals surface area (Å²) in [5, 5.41) is 8.77. The topological polar surface area (TPSA) is 108 Å². The number of rotatable bonds is 7. The van der Waals surface area contributed by atoms with E-state index < -0.39 is 17.8 Å². The Kier molecular flexibility index (Phi) is 6.71. The molecule has 1 heterocycles. The molecule has 12 heteroatoms. The van der Waals surface area contributed by atoms with Gasteiger partial charge in [0.1, 0.15) is 0 Å². The minimum atomic E-state index is -4.45. The molecular weight excluding hydrogens is 433 g/mol. The third-order valence-corrected chi connectivity index (χ3v) is 4.26. The van der Waals surface area contributed by atoms with Crippen molar-refractivity contribution in [2.75, 3.05) is 26.6 Å². The maximum absolute atomic E-state index is 12.6. The van der Waals surface area contributed by atoms with Gasteiger partial charge in [-0.25, -0.2) is 4.79 Å². The van der Waals surface area contributed by atoms with Crippen LogP contribution >= 0.6 is 0 Å². The molecule has 0 radical (unpaired) electrons. The number of hydrogen-bond donors (Lipinski definition) is 2. The van der Waals surface area contributed by atoms with Gasteiger partial charge in [-0.3, -0.25) is 0 Å². The van der Waals surface area contributed by atoms with Crippen molar-refractivity contribution in [3.63, 3.8) is 0 Å². The summed E-state index contributed by atoms with van der Waals surface area (Å²) in [4.78, 5) is 16.2. The molecule has 0 unspecified atom stereocenters. The minimum Gasteiger partial charge on any atom is -0.493 e. The van der Waals surface area contributed by atoms with Gasteiger partial charge in [0, 0.05) is 11.3 Å². The summed E-state index contributed by atoms with van der Waals surface area (Å²) in [7, 11) is 4.43. The van der Waals surface area contributed by atoms with Gasteiger partial charge in [-0.1, -0.05) is 5.16 Å². The number of ether oxygens (including phenoxy) is 3. The number of aromatic nitrogens is 2. The SMILES string of the molecule is COc1cc(-c2noc(CNC(=O)Nc3ccc(C(F)(F)F)cc3)n2)cc(OC)c1OC. The first-order valence-corrected chi connectivity index (χ1v) is 9.10. The molecule has 170 valence electrons. The third-order valence-electron chi connectivity index (χ3n) is 4.26. The van der Waals surface area contributed by atoms with Gasteiger partial charge in [0.2, 0.25) is 17.5 Å². The number of carbonyl (C=O) groups excluding carboxylic acids is 1. The molecule has 0 aliphatic heterocycles. The number of halogens is 3. The fourth-order valence-corrected chi connectivity index (χ4v) is 2.73. The normalized spacial score (nSPS) is 11.1. The molecule has 0 aliphatic carbocycles. The zero-order valence-electron chi connectivity index (χ0n) is 17.2. The second-order valence-corrected chi connectivity index (χ2v) is 6.31. The van der Waals surface area contributed by atoms with E-state index in [4.69, 9.17) is 18.7 Å². The van der Waals surface area contributed by atoms with Gasteiger partial charge < -0.3 is 29.4 Å². The van der Waals surface area contributed by atoms with Crippen molar-refractivity contribution in [1.82, 2.24) is 15.5 Å². The molecule has 0 saturated heterocycles. The molecular formula is C20H19F3N4O5. The Labute approximate surface area is 180 Å². The molecule has 0 bridgehead atoms. The first kappa shape index (κ1) is 22.7. The smallest absolute Gasteiger partial charge is 0.416 e. The van der Waals surface area contributed by atoms with Gasteiger partial charge in [0.25, 0.3) is 0 Å². The van der Waals surface area contributed by atoms with Crippen LogP contribution in [0.1, 0.15) is 11.5 Å². The number of benzene rings is 2. The predicted molar refractivity (Wildman–Crippen MR) is 107 cm³/mol. The van der Waals surface area contributed by atoms with E-state index in [1.54, 1.807) is 12.1 Å². The van der Waals surface area contributed by atoms with E-state index in [0.29, 0.717) is 22.8 Å². The fourth-order valence-electron chi connectivity index (χ4n) is 2.73. The van der Waals surface area contributed by atoms with E-state index >= 15 is 0 Å². The molecule has 32 heavy (non-hydrogen) atoms. The zero-order valence-corrected chi connectivity index (χ0v) is 17.2. The molecule has 3 rings (SSSR count). The molecule has 1 aromatic heterocycles. The molecule has 9 nitrogen and oxygen atoms in total. The highest BCUT2D eigenvalue weighted by Crippen LogP contribution is 2.40. The van der Waals surface area contributed by atoms with E-state index in [9.17, 15) is 18.0 Å². The standard InChI is InChI=1S/C20H19F3N4O5/c1-29-14-8-11(9-15(30-2)17(14)31-3)18-26-16(32-27-18)10-24-19(28)25-13-6-4-12(5-7-13)20(21,22)23/h4-9H,10H2,1-3H3,(H2,24,25,28). The van der Waals surface area contributed by atoms with Crippen molar-refractivity contribution in [1.29, 1.82) is 0 Å². The average molecular weight is 452 g/mol. The van der Waals surface area contributed by atoms with Crippen molar-refractivity contribution in [3.05, 3.63) is 47.9 Å². The highest BCUT2D eigenvalue weighted by Gasteiger charge is 2.30. The quantitative estimate of drug-likeness (QED) is 0.556. The Morgan fingerprint density at radius 2 is 1.66 bits per heavy atom. The molecule has 0 atom stereocenters. The molecule has 2 aromatic carbocycles. The summed E-state index contributed by atoms with van der Waals surface area (Å²) in [6.45, 7) is -0.107. The second kappa shape index (κ2) is 9.45. The molecule has 2 amide bonds. The van der Waals surface area contributed by atoms with Gasteiger partial charge in [0.15, 0.2) is 11.5 Å². The monoisotopic (exact) mass is 452 g/mol. The lowest BCUT2D eigenvalue weighted by atomic mass is 10.1. The number of nitrogens with zero attached hydrogens (tertiary/aromatic N) is 2. The minimum absolute atomic E-state index is 0.107. The molecule has 0 saturated carbocycles. The Bertz CT molecular complexity index is 1060. The predicted octanol–water partition coefficient (Wildman–Crippen LogP) is 4.10. The van der Waals surface area contributed by atoms with Crippen LogP contribution in [-0.4, -0.2) is 37.5 Å². The maximum atomic E-state index is 12.6. The van der Waals surface area contributed by atoms with Crippen LogP contribution < -0.4 is 24.8 Å². The molecule has 3 aromatic rings. The lowest BCUT2D eigenvalue weighted by Gasteiger charge is -2.12. The molecule has 0 fully saturated rings. The van der Waals surface area contributed by atoms with Crippen LogP contribution in [0.2, 0.25) is 0 Å². The van der Waals surface area contributed by atoms with E-state index in [-0.39, 0.29) is 23.9 Å². The lowest BCUT2D eigenvalue weighted by molar-refractivity contribution is -0.137. The van der Waals surface area contributed by atoms with E-state index in [2.05, 4.69) is 20.8 Å². The Morgan fingerprint density at radius 3 is 2.19 bits per heavy atom. The second-order valence-electron chi connectivity index (χ2n) is 6.31. The first-order valence-electron chi connectivity index (χ1n) is 9.10. The summed E-state index contributed by atoms with van der Waals surface area (Å²) in [5.74, 6) is 1.55. The number of hydrogen-bond acceptors (Lipinski definition) is 7. The van der Waals surface area contributed by atoms with Crippen molar-refractivity contribution >= 4 is 11.7 Å². The number of methoxy groups -OCH3 is 3. The van der Waals surface area contributed by atoms with Gasteiger partial charge >= 0.3 is 12.2 Å². The summed E-state index contributed by atoms with van der Waals surface area (Å²) in [6.07, 6.45) is -4.45. The highest BCUT2D eigenvalue weighted by atomic mass is 19.4. The molecule has 2 N–H and O–H groups in total. The van der Waals surface area contributed by atoms with Crippen LogP contribution in [0.5, 0.6) is 17.2 Å². The Morgan fingerprint density at radius 1 is 1.03 bits per heavy atom. The van der Waals surface area contributed by atoms with Crippen LogP contribution in [0.4, 0.5) is 23.7 Å². The number of anilines is 1. The van der Waals surface area contributed by atoms with Crippen LogP contribution in [0.3, 0.4) is 0 Å². The van der Waals surface area contributed by atoms with Crippen LogP contribution in [0.25, 0.3) is 11.4 Å². The van der Waals surface area contributed by atoms with E-state index in [1.165, 1.54) is 21.3 Å². The van der Waals surface area contributed by atoms with Crippen molar-refractivity contribution in [2.24, 2.45) is 0 Å². The van der Waals surface area contributed by atoms with Gasteiger partial charge in [0.05, 0.1) is 33.4 Å².